The van der Waals surface area contributed by atoms with E-state index in [-0.39, 0.29) is 5.12 Å². The summed E-state index contributed by atoms with van der Waals surface area (Å²) in [4.78, 5) is 12.6. The van der Waals surface area contributed by atoms with Crippen LogP contribution >= 0.6 is 23.5 Å². The molecule has 1 aromatic carbocycles. The van der Waals surface area contributed by atoms with Crippen molar-refractivity contribution >= 4 is 41.8 Å². The van der Waals surface area contributed by atoms with Crippen LogP contribution in [-0.2, 0) is 14.1 Å². The van der Waals surface area contributed by atoms with Crippen LogP contribution in [0.2, 0.25) is 0 Å². The number of carbonyl (C=O) groups is 1. The summed E-state index contributed by atoms with van der Waals surface area (Å²) < 4.78 is 12.3. The SMILES string of the molecule is CSc1cccc(C=C(CSC(C)=O)B2OC(C)(C)C(C)(C)O2)c1. The van der Waals surface area contributed by atoms with Gasteiger partial charge in [-0.2, -0.15) is 0 Å². The van der Waals surface area contributed by atoms with Crippen molar-refractivity contribution in [2.75, 3.05) is 12.0 Å². The summed E-state index contributed by atoms with van der Waals surface area (Å²) in [6.07, 6.45) is 4.14. The van der Waals surface area contributed by atoms with Gasteiger partial charge < -0.3 is 9.31 Å². The van der Waals surface area contributed by atoms with Gasteiger partial charge in [0.25, 0.3) is 0 Å². The zero-order valence-corrected chi connectivity index (χ0v) is 16.8. The molecule has 130 valence electrons. The third-order valence-electron chi connectivity index (χ3n) is 4.44. The van der Waals surface area contributed by atoms with Crippen LogP contribution in [0.25, 0.3) is 6.08 Å². The van der Waals surface area contributed by atoms with Crippen molar-refractivity contribution in [1.29, 1.82) is 0 Å². The second-order valence-corrected chi connectivity index (χ2v) is 8.90. The summed E-state index contributed by atoms with van der Waals surface area (Å²) in [5.41, 5.74) is 1.29. The van der Waals surface area contributed by atoms with Gasteiger partial charge in [0, 0.05) is 17.6 Å². The number of benzene rings is 1. The van der Waals surface area contributed by atoms with Crippen LogP contribution in [0.4, 0.5) is 0 Å². The first-order valence-corrected chi connectivity index (χ1v) is 10.2. The van der Waals surface area contributed by atoms with E-state index in [9.17, 15) is 4.79 Å². The van der Waals surface area contributed by atoms with Gasteiger partial charge in [-0.1, -0.05) is 30.0 Å². The molecule has 0 saturated carbocycles. The molecule has 0 N–H and O–H groups in total. The van der Waals surface area contributed by atoms with E-state index in [1.807, 2.05) is 33.8 Å². The number of carbonyl (C=O) groups excluding carboxylic acids is 1. The third-order valence-corrected chi connectivity index (χ3v) is 6.05. The Morgan fingerprint density at radius 2 is 1.83 bits per heavy atom. The van der Waals surface area contributed by atoms with E-state index in [4.69, 9.17) is 9.31 Å². The molecule has 0 atom stereocenters. The maximum Gasteiger partial charge on any atom is 0.491 e. The van der Waals surface area contributed by atoms with Crippen molar-refractivity contribution in [3.05, 3.63) is 35.3 Å². The minimum Gasteiger partial charge on any atom is -0.400 e. The van der Waals surface area contributed by atoms with Gasteiger partial charge in [-0.05, 0) is 57.1 Å². The number of hydrogen-bond acceptors (Lipinski definition) is 5. The van der Waals surface area contributed by atoms with Crippen LogP contribution < -0.4 is 0 Å². The van der Waals surface area contributed by atoms with E-state index in [1.165, 1.54) is 16.7 Å². The molecule has 1 heterocycles. The third kappa shape index (κ3) is 4.69. The van der Waals surface area contributed by atoms with Gasteiger partial charge in [-0.3, -0.25) is 4.79 Å². The zero-order chi connectivity index (χ0) is 18.0. The van der Waals surface area contributed by atoms with Crippen LogP contribution in [0, 0.1) is 0 Å². The predicted molar refractivity (Wildman–Crippen MR) is 105 cm³/mol. The van der Waals surface area contributed by atoms with Gasteiger partial charge in [-0.25, -0.2) is 0 Å². The summed E-state index contributed by atoms with van der Waals surface area (Å²) in [5.74, 6) is 0.565. The molecule has 24 heavy (non-hydrogen) atoms. The molecule has 1 fully saturated rings. The standard InChI is InChI=1S/C18H25BO3S2/c1-13(20)24-12-15(10-14-8-7-9-16(11-14)23-6)19-21-17(2,3)18(4,5)22-19/h7-11H,12H2,1-6H3. The molecule has 0 unspecified atom stereocenters. The minimum atomic E-state index is -0.431. The Kier molecular flexibility index (Phi) is 6.29. The molecule has 1 aromatic rings. The molecule has 0 spiro atoms. The van der Waals surface area contributed by atoms with Crippen molar-refractivity contribution in [3.8, 4) is 0 Å². The lowest BCUT2D eigenvalue weighted by molar-refractivity contribution is -0.109. The maximum absolute atomic E-state index is 11.4. The Hall–Kier alpha value is -0.685. The van der Waals surface area contributed by atoms with Crippen molar-refractivity contribution < 1.29 is 14.1 Å². The highest BCUT2D eigenvalue weighted by atomic mass is 32.2. The Bertz CT molecular complexity index is 625. The van der Waals surface area contributed by atoms with Crippen LogP contribution in [0.5, 0.6) is 0 Å². The van der Waals surface area contributed by atoms with Gasteiger partial charge in [0.2, 0.25) is 0 Å². The lowest BCUT2D eigenvalue weighted by Gasteiger charge is -2.32. The summed E-state index contributed by atoms with van der Waals surface area (Å²) >= 11 is 2.99. The van der Waals surface area contributed by atoms with Crippen LogP contribution in [-0.4, -0.2) is 35.4 Å². The zero-order valence-electron chi connectivity index (χ0n) is 15.2. The minimum absolute atomic E-state index is 0.0929. The molecule has 1 aliphatic rings. The molecular weight excluding hydrogens is 339 g/mol. The second kappa shape index (κ2) is 7.69. The van der Waals surface area contributed by atoms with E-state index >= 15 is 0 Å². The molecule has 3 nitrogen and oxygen atoms in total. The number of rotatable bonds is 5. The van der Waals surface area contributed by atoms with Crippen molar-refractivity contribution in [2.45, 2.75) is 50.7 Å². The molecule has 0 radical (unpaired) electrons. The molecule has 0 bridgehead atoms. The summed E-state index contributed by atoms with van der Waals surface area (Å²) in [7, 11) is -0.431. The first kappa shape index (κ1) is 19.6. The first-order chi connectivity index (χ1) is 11.1. The molecule has 1 aliphatic heterocycles. The topological polar surface area (TPSA) is 35.5 Å². The molecule has 1 saturated heterocycles. The highest BCUT2D eigenvalue weighted by molar-refractivity contribution is 8.13. The van der Waals surface area contributed by atoms with Crippen molar-refractivity contribution in [2.24, 2.45) is 0 Å². The van der Waals surface area contributed by atoms with Gasteiger partial charge in [-0.15, -0.1) is 11.8 Å². The first-order valence-electron chi connectivity index (χ1n) is 7.98. The average Bonchev–Trinajstić information content (AvgIpc) is 2.71. The van der Waals surface area contributed by atoms with E-state index < -0.39 is 18.3 Å². The van der Waals surface area contributed by atoms with Crippen LogP contribution in [0.1, 0.15) is 40.2 Å². The fourth-order valence-corrected chi connectivity index (χ4v) is 3.36. The van der Waals surface area contributed by atoms with E-state index in [0.29, 0.717) is 5.75 Å². The highest BCUT2D eigenvalue weighted by Gasteiger charge is 2.52. The fraction of sp³-hybridized carbons (Fsp3) is 0.500. The summed E-state index contributed by atoms with van der Waals surface area (Å²) in [5, 5.41) is 0.0929. The Morgan fingerprint density at radius 1 is 1.21 bits per heavy atom. The Balaban J connectivity index is 2.31. The van der Waals surface area contributed by atoms with Gasteiger partial charge in [0.15, 0.2) is 5.12 Å². The molecule has 0 amide bonds. The smallest absolute Gasteiger partial charge is 0.400 e. The summed E-state index contributed by atoms with van der Waals surface area (Å²) in [6, 6.07) is 8.32. The second-order valence-electron chi connectivity index (χ2n) is 6.86. The van der Waals surface area contributed by atoms with Crippen LogP contribution in [0.15, 0.2) is 34.6 Å². The molecule has 0 aromatic heterocycles. The molecule has 6 heteroatoms. The largest absolute Gasteiger partial charge is 0.491 e. The molecule has 2 rings (SSSR count). The van der Waals surface area contributed by atoms with E-state index in [2.05, 4.69) is 30.5 Å². The lowest BCUT2D eigenvalue weighted by atomic mass is 9.78. The number of thioether (sulfide) groups is 2. The number of hydrogen-bond donors (Lipinski definition) is 0. The van der Waals surface area contributed by atoms with Crippen molar-refractivity contribution in [1.82, 2.24) is 0 Å². The fourth-order valence-electron chi connectivity index (χ4n) is 2.30. The predicted octanol–water partition coefficient (Wildman–Crippen LogP) is 4.70. The molecule has 0 aliphatic carbocycles. The highest BCUT2D eigenvalue weighted by Crippen LogP contribution is 2.39. The van der Waals surface area contributed by atoms with E-state index in [1.54, 1.807) is 18.7 Å². The van der Waals surface area contributed by atoms with Crippen LogP contribution in [0.3, 0.4) is 0 Å². The van der Waals surface area contributed by atoms with Crippen molar-refractivity contribution in [3.63, 3.8) is 0 Å². The average molecular weight is 364 g/mol. The maximum atomic E-state index is 11.4. The lowest BCUT2D eigenvalue weighted by Crippen LogP contribution is -2.41. The van der Waals surface area contributed by atoms with Gasteiger partial charge in [0.1, 0.15) is 0 Å². The summed E-state index contributed by atoms with van der Waals surface area (Å²) in [6.45, 7) is 9.74. The quantitative estimate of drug-likeness (QED) is 0.559. The Morgan fingerprint density at radius 3 is 2.38 bits per heavy atom. The molecular formula is C18H25BO3S2. The normalized spacial score (nSPS) is 19.6. The Labute approximate surface area is 154 Å². The van der Waals surface area contributed by atoms with E-state index in [0.717, 1.165) is 11.0 Å². The van der Waals surface area contributed by atoms with Gasteiger partial charge in [0.05, 0.1) is 11.2 Å². The van der Waals surface area contributed by atoms with Gasteiger partial charge >= 0.3 is 7.12 Å². The monoisotopic (exact) mass is 364 g/mol.